The third kappa shape index (κ3) is 10.5. The second kappa shape index (κ2) is 15.4. The maximum atomic E-state index is 10.4. The lowest BCUT2D eigenvalue weighted by molar-refractivity contribution is -0.107. The van der Waals surface area contributed by atoms with Crippen LogP contribution in [-0.2, 0) is 14.3 Å². The van der Waals surface area contributed by atoms with Gasteiger partial charge in [0.05, 0.1) is 37.6 Å². The average molecular weight is 389 g/mol. The number of carbonyl (C=O) groups excluding carboxylic acids is 1. The molecular weight excluding hydrogens is 348 g/mol. The summed E-state index contributed by atoms with van der Waals surface area (Å²) in [5, 5.41) is 28.9. The molecule has 1 aliphatic rings. The van der Waals surface area contributed by atoms with E-state index < -0.39 is 12.2 Å². The highest BCUT2D eigenvalue weighted by Crippen LogP contribution is 2.30. The van der Waals surface area contributed by atoms with E-state index in [0.29, 0.717) is 12.8 Å². The first-order valence-electron chi connectivity index (χ1n) is 10.8. The molecule has 1 saturated heterocycles. The summed E-state index contributed by atoms with van der Waals surface area (Å²) in [5.74, 6) is 0. The Labute approximate surface area is 164 Å². The van der Waals surface area contributed by atoms with E-state index >= 15 is 0 Å². The molecular formula is C21H40O6. The molecule has 0 spiro atoms. The zero-order chi connectivity index (χ0) is 19.9. The van der Waals surface area contributed by atoms with Gasteiger partial charge in [0.15, 0.2) is 0 Å². The Balaban J connectivity index is 2.36. The molecule has 0 aromatic rings. The fraction of sp³-hybridized carbons (Fsp3) is 0.952. The molecule has 0 aromatic heterocycles. The minimum atomic E-state index is -0.875. The Kier molecular flexibility index (Phi) is 14.0. The van der Waals surface area contributed by atoms with Crippen molar-refractivity contribution in [1.29, 1.82) is 0 Å². The summed E-state index contributed by atoms with van der Waals surface area (Å²) >= 11 is 0. The van der Waals surface area contributed by atoms with Crippen LogP contribution in [0.3, 0.4) is 0 Å². The van der Waals surface area contributed by atoms with Crippen molar-refractivity contribution in [1.82, 2.24) is 0 Å². The van der Waals surface area contributed by atoms with Crippen LogP contribution in [0.2, 0.25) is 0 Å². The van der Waals surface area contributed by atoms with Crippen molar-refractivity contribution in [2.45, 2.75) is 114 Å². The third-order valence-corrected chi connectivity index (χ3v) is 5.28. The van der Waals surface area contributed by atoms with E-state index in [1.165, 1.54) is 0 Å². The molecule has 0 amide bonds. The number of aldehydes is 1. The normalized spacial score (nSPS) is 24.8. The molecule has 5 unspecified atom stereocenters. The Morgan fingerprint density at radius 2 is 1.89 bits per heavy atom. The van der Waals surface area contributed by atoms with Crippen LogP contribution in [0.4, 0.5) is 0 Å². The number of hydrogen-bond donors (Lipinski definition) is 3. The van der Waals surface area contributed by atoms with E-state index in [4.69, 9.17) is 14.6 Å². The largest absolute Gasteiger partial charge is 0.394 e. The number of aliphatic hydroxyl groups excluding tert-OH is 3. The number of hydrogen-bond acceptors (Lipinski definition) is 6. The zero-order valence-electron chi connectivity index (χ0n) is 16.9. The van der Waals surface area contributed by atoms with E-state index in [9.17, 15) is 15.0 Å². The minimum Gasteiger partial charge on any atom is -0.394 e. The van der Waals surface area contributed by atoms with Crippen molar-refractivity contribution in [2.24, 2.45) is 0 Å². The van der Waals surface area contributed by atoms with Crippen molar-refractivity contribution >= 4 is 6.29 Å². The highest BCUT2D eigenvalue weighted by atomic mass is 16.6. The Bertz CT molecular complexity index is 365. The lowest BCUT2D eigenvalue weighted by atomic mass is 10.0. The van der Waals surface area contributed by atoms with E-state index in [2.05, 4.69) is 6.92 Å². The van der Waals surface area contributed by atoms with Gasteiger partial charge in [0.25, 0.3) is 0 Å². The number of rotatable bonds is 17. The maximum absolute atomic E-state index is 10.4. The molecule has 0 aliphatic carbocycles. The fourth-order valence-corrected chi connectivity index (χ4v) is 3.62. The molecule has 0 aromatic carbocycles. The van der Waals surface area contributed by atoms with Gasteiger partial charge in [-0.25, -0.2) is 0 Å². The van der Waals surface area contributed by atoms with Gasteiger partial charge in [0.1, 0.15) is 12.4 Å². The average Bonchev–Trinajstić information content (AvgIpc) is 3.04. The standard InChI is InChI=1S/C21H40O6/c1-2-3-8-12-20(26-16-17(24)15-23)21-14-18(25)19(27-21)11-9-6-4-5-7-10-13-22/h13,17-21,23-25H,2-12,14-16H2,1H3. The van der Waals surface area contributed by atoms with Crippen LogP contribution >= 0.6 is 0 Å². The van der Waals surface area contributed by atoms with Gasteiger partial charge in [-0.3, -0.25) is 0 Å². The molecule has 0 bridgehead atoms. The highest BCUT2D eigenvalue weighted by Gasteiger charge is 2.38. The molecule has 0 saturated carbocycles. The number of unbranched alkanes of at least 4 members (excludes halogenated alkanes) is 7. The van der Waals surface area contributed by atoms with Crippen molar-refractivity contribution in [3.63, 3.8) is 0 Å². The van der Waals surface area contributed by atoms with E-state index in [0.717, 1.165) is 70.5 Å². The minimum absolute atomic E-state index is 0.0920. The van der Waals surface area contributed by atoms with Gasteiger partial charge in [-0.2, -0.15) is 0 Å². The van der Waals surface area contributed by atoms with Crippen molar-refractivity contribution in [3.8, 4) is 0 Å². The second-order valence-electron chi connectivity index (χ2n) is 7.73. The number of carbonyl (C=O) groups is 1. The van der Waals surface area contributed by atoms with Crippen LogP contribution in [0.1, 0.15) is 84.0 Å². The van der Waals surface area contributed by atoms with E-state index in [1.807, 2.05) is 0 Å². The molecule has 1 fully saturated rings. The second-order valence-corrected chi connectivity index (χ2v) is 7.73. The van der Waals surface area contributed by atoms with Gasteiger partial charge in [-0.15, -0.1) is 0 Å². The van der Waals surface area contributed by atoms with E-state index in [1.54, 1.807) is 0 Å². The quantitative estimate of drug-likeness (QED) is 0.262. The molecule has 6 heteroatoms. The Hall–Kier alpha value is -0.530. The summed E-state index contributed by atoms with van der Waals surface area (Å²) in [4.78, 5) is 10.3. The first-order chi connectivity index (χ1) is 13.1. The SMILES string of the molecule is CCCCCC(OCC(O)CO)C1CC(O)C(CCCCCCCC=O)O1. The van der Waals surface area contributed by atoms with Gasteiger partial charge in [-0.1, -0.05) is 51.9 Å². The lowest BCUT2D eigenvalue weighted by Crippen LogP contribution is -2.33. The van der Waals surface area contributed by atoms with Crippen LogP contribution in [0, 0.1) is 0 Å². The number of ether oxygens (including phenoxy) is 2. The predicted octanol–water partition coefficient (Wildman–Crippen LogP) is 2.75. The van der Waals surface area contributed by atoms with Crippen LogP contribution in [0.15, 0.2) is 0 Å². The Morgan fingerprint density at radius 3 is 2.59 bits per heavy atom. The predicted molar refractivity (Wildman–Crippen MR) is 105 cm³/mol. The van der Waals surface area contributed by atoms with Gasteiger partial charge in [0, 0.05) is 12.8 Å². The molecule has 1 rings (SSSR count). The van der Waals surface area contributed by atoms with Gasteiger partial charge < -0.3 is 29.6 Å². The fourth-order valence-electron chi connectivity index (χ4n) is 3.62. The highest BCUT2D eigenvalue weighted by molar-refractivity contribution is 5.48. The lowest BCUT2D eigenvalue weighted by Gasteiger charge is -2.25. The summed E-state index contributed by atoms with van der Waals surface area (Å²) < 4.78 is 11.9. The molecule has 27 heavy (non-hydrogen) atoms. The van der Waals surface area contributed by atoms with Crippen molar-refractivity contribution < 1.29 is 29.6 Å². The van der Waals surface area contributed by atoms with Gasteiger partial charge in [0.2, 0.25) is 0 Å². The van der Waals surface area contributed by atoms with Crippen LogP contribution < -0.4 is 0 Å². The van der Waals surface area contributed by atoms with Crippen molar-refractivity contribution in [2.75, 3.05) is 13.2 Å². The topological polar surface area (TPSA) is 96.2 Å². The maximum Gasteiger partial charge on any atom is 0.119 e. The van der Waals surface area contributed by atoms with Crippen LogP contribution in [0.5, 0.6) is 0 Å². The van der Waals surface area contributed by atoms with Crippen LogP contribution in [0.25, 0.3) is 0 Å². The summed E-state index contributed by atoms with van der Waals surface area (Å²) in [5.41, 5.74) is 0. The molecule has 3 N–H and O–H groups in total. The zero-order valence-corrected chi connectivity index (χ0v) is 16.9. The summed E-state index contributed by atoms with van der Waals surface area (Å²) in [7, 11) is 0. The van der Waals surface area contributed by atoms with Gasteiger partial charge >= 0.3 is 0 Å². The van der Waals surface area contributed by atoms with Crippen molar-refractivity contribution in [3.05, 3.63) is 0 Å². The molecule has 160 valence electrons. The molecule has 1 aliphatic heterocycles. The summed E-state index contributed by atoms with van der Waals surface area (Å²) in [6.45, 7) is 1.93. The van der Waals surface area contributed by atoms with E-state index in [-0.39, 0.29) is 31.5 Å². The summed E-state index contributed by atoms with van der Waals surface area (Å²) in [6.07, 6.45) is 10.6. The first kappa shape index (κ1) is 24.5. The molecule has 1 heterocycles. The first-order valence-corrected chi connectivity index (χ1v) is 10.8. The monoisotopic (exact) mass is 388 g/mol. The third-order valence-electron chi connectivity index (χ3n) is 5.28. The van der Waals surface area contributed by atoms with Gasteiger partial charge in [-0.05, 0) is 19.3 Å². The smallest absolute Gasteiger partial charge is 0.119 e. The number of aliphatic hydroxyl groups is 3. The van der Waals surface area contributed by atoms with Crippen LogP contribution in [-0.4, -0.2) is 65.3 Å². The molecule has 0 radical (unpaired) electrons. The Morgan fingerprint density at radius 1 is 1.15 bits per heavy atom. The summed E-state index contributed by atoms with van der Waals surface area (Å²) in [6, 6.07) is 0. The molecule has 6 nitrogen and oxygen atoms in total. The molecule has 5 atom stereocenters.